The second-order valence-corrected chi connectivity index (χ2v) is 6.73. The van der Waals surface area contributed by atoms with Crippen LogP contribution in [0.1, 0.15) is 12.8 Å². The van der Waals surface area contributed by atoms with Crippen molar-refractivity contribution in [1.82, 2.24) is 0 Å². The summed E-state index contributed by atoms with van der Waals surface area (Å²) in [6.45, 7) is 0.792. The predicted octanol–water partition coefficient (Wildman–Crippen LogP) is 1.24. The fourth-order valence-electron chi connectivity index (χ4n) is 2.14. The van der Waals surface area contributed by atoms with Crippen LogP contribution in [0.4, 0.5) is 5.69 Å². The number of para-hydroxylation sites is 1. The minimum atomic E-state index is -3.17. The molecule has 94 valence electrons. The molecule has 0 aromatic heterocycles. The molecule has 0 amide bonds. The van der Waals surface area contributed by atoms with Gasteiger partial charge in [-0.3, -0.25) is 0 Å². The highest BCUT2D eigenvalue weighted by atomic mass is 32.2. The van der Waals surface area contributed by atoms with Crippen LogP contribution in [0.2, 0.25) is 0 Å². The Morgan fingerprint density at radius 2 is 2.00 bits per heavy atom. The number of sulfone groups is 1. The topological polar surface area (TPSA) is 72.2 Å². The molecular weight excluding hydrogens is 236 g/mol. The summed E-state index contributed by atoms with van der Waals surface area (Å²) in [6.07, 6.45) is 3.27. The first-order valence-electron chi connectivity index (χ1n) is 5.75. The molecule has 0 radical (unpaired) electrons. The van der Waals surface area contributed by atoms with E-state index in [4.69, 9.17) is 5.73 Å². The van der Waals surface area contributed by atoms with Crippen LogP contribution in [0.15, 0.2) is 29.2 Å². The van der Waals surface area contributed by atoms with Crippen molar-refractivity contribution in [3.63, 3.8) is 0 Å². The lowest BCUT2D eigenvalue weighted by molar-refractivity contribution is 0.280. The summed E-state index contributed by atoms with van der Waals surface area (Å²) >= 11 is 0. The van der Waals surface area contributed by atoms with E-state index in [0.717, 1.165) is 19.4 Å². The summed E-state index contributed by atoms with van der Waals surface area (Å²) in [6, 6.07) is 7.33. The van der Waals surface area contributed by atoms with Gasteiger partial charge in [0.15, 0.2) is 9.84 Å². The van der Waals surface area contributed by atoms with Crippen molar-refractivity contribution in [2.45, 2.75) is 23.8 Å². The average Bonchev–Trinajstić information content (AvgIpc) is 2.22. The predicted molar refractivity (Wildman–Crippen MR) is 68.7 cm³/mol. The van der Waals surface area contributed by atoms with E-state index in [2.05, 4.69) is 5.32 Å². The molecule has 0 unspecified atom stereocenters. The van der Waals surface area contributed by atoms with Gasteiger partial charge in [-0.05, 0) is 30.9 Å². The maximum atomic E-state index is 11.6. The standard InChI is InChI=1S/C12H18N2O2S/c1-17(15,16)12-5-3-2-4-11(12)14-8-9-6-10(13)7-9/h2-5,9-10,14H,6-8,13H2,1H3. The second kappa shape index (κ2) is 4.66. The molecule has 1 fully saturated rings. The van der Waals surface area contributed by atoms with Crippen molar-refractivity contribution < 1.29 is 8.42 Å². The summed E-state index contributed by atoms with van der Waals surface area (Å²) < 4.78 is 23.1. The van der Waals surface area contributed by atoms with Crippen molar-refractivity contribution in [2.24, 2.45) is 11.7 Å². The quantitative estimate of drug-likeness (QED) is 0.848. The highest BCUT2D eigenvalue weighted by Crippen LogP contribution is 2.27. The zero-order valence-corrected chi connectivity index (χ0v) is 10.7. The normalized spacial score (nSPS) is 24.1. The van der Waals surface area contributed by atoms with E-state index in [9.17, 15) is 8.42 Å². The molecule has 1 aliphatic carbocycles. The van der Waals surface area contributed by atoms with Crippen LogP contribution in [0, 0.1) is 5.92 Å². The first-order valence-corrected chi connectivity index (χ1v) is 7.64. The summed E-state index contributed by atoms with van der Waals surface area (Å²) in [5.74, 6) is 0.567. The fourth-order valence-corrected chi connectivity index (χ4v) is 3.01. The molecule has 4 nitrogen and oxygen atoms in total. The van der Waals surface area contributed by atoms with Gasteiger partial charge in [0.1, 0.15) is 0 Å². The molecule has 1 aliphatic rings. The highest BCUT2D eigenvalue weighted by Gasteiger charge is 2.25. The minimum Gasteiger partial charge on any atom is -0.384 e. The van der Waals surface area contributed by atoms with E-state index in [1.807, 2.05) is 6.07 Å². The first kappa shape index (κ1) is 12.4. The molecule has 0 heterocycles. The van der Waals surface area contributed by atoms with Crippen LogP contribution >= 0.6 is 0 Å². The molecule has 0 spiro atoms. The largest absolute Gasteiger partial charge is 0.384 e. The van der Waals surface area contributed by atoms with Crippen LogP contribution in [0.25, 0.3) is 0 Å². The van der Waals surface area contributed by atoms with Gasteiger partial charge >= 0.3 is 0 Å². The van der Waals surface area contributed by atoms with Gasteiger partial charge in [0.2, 0.25) is 0 Å². The second-order valence-electron chi connectivity index (χ2n) is 4.75. The van der Waals surface area contributed by atoms with E-state index in [0.29, 0.717) is 22.5 Å². The summed E-state index contributed by atoms with van der Waals surface area (Å²) in [5, 5.41) is 3.21. The molecule has 0 saturated heterocycles. The number of hydrogen-bond donors (Lipinski definition) is 2. The number of anilines is 1. The Kier molecular flexibility index (Phi) is 3.40. The lowest BCUT2D eigenvalue weighted by Gasteiger charge is -2.32. The summed E-state index contributed by atoms with van der Waals surface area (Å²) in [7, 11) is -3.17. The average molecular weight is 254 g/mol. The van der Waals surface area contributed by atoms with Crippen LogP contribution < -0.4 is 11.1 Å². The van der Waals surface area contributed by atoms with Crippen molar-refractivity contribution >= 4 is 15.5 Å². The van der Waals surface area contributed by atoms with Crippen molar-refractivity contribution in [3.05, 3.63) is 24.3 Å². The summed E-state index contributed by atoms with van der Waals surface area (Å²) in [4.78, 5) is 0.364. The van der Waals surface area contributed by atoms with Gasteiger partial charge in [-0.2, -0.15) is 0 Å². The zero-order chi connectivity index (χ0) is 12.5. The Hall–Kier alpha value is -1.07. The Morgan fingerprint density at radius 3 is 2.59 bits per heavy atom. The minimum absolute atomic E-state index is 0.326. The maximum absolute atomic E-state index is 11.6. The first-order chi connectivity index (χ1) is 7.97. The third kappa shape index (κ3) is 2.98. The molecule has 17 heavy (non-hydrogen) atoms. The van der Waals surface area contributed by atoms with E-state index < -0.39 is 9.84 Å². The van der Waals surface area contributed by atoms with Gasteiger partial charge in [-0.25, -0.2) is 8.42 Å². The van der Waals surface area contributed by atoms with Gasteiger partial charge in [-0.15, -0.1) is 0 Å². The molecule has 0 atom stereocenters. The summed E-state index contributed by atoms with van der Waals surface area (Å²) in [5.41, 5.74) is 6.40. The van der Waals surface area contributed by atoms with Crippen LogP contribution in [-0.2, 0) is 9.84 Å². The van der Waals surface area contributed by atoms with E-state index in [1.165, 1.54) is 6.26 Å². The molecule has 0 aliphatic heterocycles. The van der Waals surface area contributed by atoms with Crippen LogP contribution in [0.3, 0.4) is 0 Å². The number of hydrogen-bond acceptors (Lipinski definition) is 4. The Labute approximate surface area is 102 Å². The molecule has 1 aromatic carbocycles. The third-order valence-corrected chi connectivity index (χ3v) is 4.29. The molecule has 3 N–H and O–H groups in total. The van der Waals surface area contributed by atoms with Gasteiger partial charge < -0.3 is 11.1 Å². The third-order valence-electron chi connectivity index (χ3n) is 3.14. The van der Waals surface area contributed by atoms with E-state index in [-0.39, 0.29) is 0 Å². The van der Waals surface area contributed by atoms with Crippen LogP contribution in [0.5, 0.6) is 0 Å². The van der Waals surface area contributed by atoms with Gasteiger partial charge in [0, 0.05) is 18.8 Å². The lowest BCUT2D eigenvalue weighted by Crippen LogP contribution is -2.39. The number of rotatable bonds is 4. The Morgan fingerprint density at radius 1 is 1.35 bits per heavy atom. The molecule has 0 bridgehead atoms. The molecule has 1 saturated carbocycles. The lowest BCUT2D eigenvalue weighted by atomic mass is 9.81. The van der Waals surface area contributed by atoms with Gasteiger partial charge in [0.05, 0.1) is 10.6 Å². The zero-order valence-electron chi connectivity index (χ0n) is 9.89. The van der Waals surface area contributed by atoms with E-state index in [1.54, 1.807) is 18.2 Å². The molecular formula is C12H18N2O2S. The van der Waals surface area contributed by atoms with Gasteiger partial charge in [0.25, 0.3) is 0 Å². The Bertz CT molecular complexity index is 493. The van der Waals surface area contributed by atoms with Gasteiger partial charge in [-0.1, -0.05) is 12.1 Å². The molecule has 1 aromatic rings. The maximum Gasteiger partial charge on any atom is 0.177 e. The number of nitrogens with one attached hydrogen (secondary N) is 1. The number of benzene rings is 1. The highest BCUT2D eigenvalue weighted by molar-refractivity contribution is 7.90. The SMILES string of the molecule is CS(=O)(=O)c1ccccc1NCC1CC(N)C1. The smallest absolute Gasteiger partial charge is 0.177 e. The van der Waals surface area contributed by atoms with Crippen molar-refractivity contribution in [3.8, 4) is 0 Å². The van der Waals surface area contributed by atoms with Crippen molar-refractivity contribution in [2.75, 3.05) is 18.1 Å². The van der Waals surface area contributed by atoms with E-state index >= 15 is 0 Å². The fraction of sp³-hybridized carbons (Fsp3) is 0.500. The monoisotopic (exact) mass is 254 g/mol. The van der Waals surface area contributed by atoms with Crippen LogP contribution in [-0.4, -0.2) is 27.3 Å². The molecule has 2 rings (SSSR count). The van der Waals surface area contributed by atoms with Crippen molar-refractivity contribution in [1.29, 1.82) is 0 Å². The Balaban J connectivity index is 2.05. The number of nitrogens with two attached hydrogens (primary N) is 1. The molecule has 5 heteroatoms.